The standard InChI is InChI=1S/C20H20ClN7O2/c21-13-4-11-6-14(7-23-19(29)20(30)2-1-3-20)27-15(11)12(5-13)8-28-10-26-16-17(22)24-9-25-18(16)28/h4-6,9-10,27,30H,1-3,7-8H2,(H,23,29)(H2,22,24,25). The number of hydrogen-bond donors (Lipinski definition) is 4. The monoisotopic (exact) mass is 425 g/mol. The van der Waals surface area contributed by atoms with E-state index >= 15 is 0 Å². The van der Waals surface area contributed by atoms with Crippen LogP contribution in [0, 0.1) is 0 Å². The molecule has 0 bridgehead atoms. The van der Waals surface area contributed by atoms with Gasteiger partial charge in [0.05, 0.1) is 24.9 Å². The second-order valence-corrected chi connectivity index (χ2v) is 8.13. The number of H-pyrrole nitrogens is 1. The first kappa shape index (κ1) is 18.8. The fourth-order valence-corrected chi connectivity index (χ4v) is 4.08. The second kappa shape index (κ2) is 6.96. The smallest absolute Gasteiger partial charge is 0.252 e. The van der Waals surface area contributed by atoms with Gasteiger partial charge in [0.15, 0.2) is 11.5 Å². The van der Waals surface area contributed by atoms with Crippen LogP contribution in [0.15, 0.2) is 30.9 Å². The van der Waals surface area contributed by atoms with E-state index in [4.69, 9.17) is 17.3 Å². The van der Waals surface area contributed by atoms with E-state index < -0.39 is 5.60 Å². The third kappa shape index (κ3) is 3.16. The normalized spacial score (nSPS) is 15.4. The number of aromatic nitrogens is 5. The van der Waals surface area contributed by atoms with Gasteiger partial charge in [-0.2, -0.15) is 0 Å². The maximum atomic E-state index is 12.2. The number of carbonyl (C=O) groups excluding carboxylic acids is 1. The number of aromatic amines is 1. The van der Waals surface area contributed by atoms with Gasteiger partial charge in [0.25, 0.3) is 5.91 Å². The quantitative estimate of drug-likeness (QED) is 0.387. The highest BCUT2D eigenvalue weighted by molar-refractivity contribution is 6.31. The van der Waals surface area contributed by atoms with Crippen molar-refractivity contribution in [1.82, 2.24) is 29.8 Å². The topological polar surface area (TPSA) is 135 Å². The molecule has 3 heterocycles. The molecule has 0 radical (unpaired) electrons. The van der Waals surface area contributed by atoms with E-state index in [9.17, 15) is 9.90 Å². The van der Waals surface area contributed by atoms with E-state index in [0.717, 1.165) is 28.6 Å². The largest absolute Gasteiger partial charge is 0.382 e. The highest BCUT2D eigenvalue weighted by Crippen LogP contribution is 2.32. The number of rotatable bonds is 5. The van der Waals surface area contributed by atoms with Crippen LogP contribution in [0.2, 0.25) is 5.02 Å². The van der Waals surface area contributed by atoms with Crippen LogP contribution in [0.3, 0.4) is 0 Å². The van der Waals surface area contributed by atoms with Crippen molar-refractivity contribution in [2.45, 2.75) is 38.0 Å². The summed E-state index contributed by atoms with van der Waals surface area (Å²) in [6.07, 6.45) is 4.98. The summed E-state index contributed by atoms with van der Waals surface area (Å²) in [5.74, 6) is 0.00818. The number of anilines is 1. The van der Waals surface area contributed by atoms with Gasteiger partial charge in [-0.25, -0.2) is 15.0 Å². The maximum Gasteiger partial charge on any atom is 0.252 e. The number of carbonyl (C=O) groups is 1. The van der Waals surface area contributed by atoms with Gasteiger partial charge in [0, 0.05) is 16.1 Å². The molecule has 154 valence electrons. The molecule has 0 spiro atoms. The Balaban J connectivity index is 1.43. The predicted molar refractivity (Wildman–Crippen MR) is 113 cm³/mol. The van der Waals surface area contributed by atoms with Gasteiger partial charge in [0.1, 0.15) is 17.4 Å². The summed E-state index contributed by atoms with van der Waals surface area (Å²) in [5.41, 5.74) is 8.54. The first-order valence-corrected chi connectivity index (χ1v) is 10.0. The van der Waals surface area contributed by atoms with Gasteiger partial charge in [-0.1, -0.05) is 11.6 Å². The van der Waals surface area contributed by atoms with Crippen LogP contribution in [0.4, 0.5) is 5.82 Å². The van der Waals surface area contributed by atoms with Crippen LogP contribution in [-0.2, 0) is 17.9 Å². The molecular formula is C20H20ClN7O2. The Morgan fingerprint density at radius 3 is 2.90 bits per heavy atom. The lowest BCUT2D eigenvalue weighted by Gasteiger charge is -2.34. The summed E-state index contributed by atoms with van der Waals surface area (Å²) < 4.78 is 1.88. The highest BCUT2D eigenvalue weighted by Gasteiger charge is 2.41. The molecule has 10 heteroatoms. The van der Waals surface area contributed by atoms with Crippen molar-refractivity contribution in [1.29, 1.82) is 0 Å². The predicted octanol–water partition coefficient (Wildman–Crippen LogP) is 2.12. The Morgan fingerprint density at radius 2 is 2.13 bits per heavy atom. The van der Waals surface area contributed by atoms with Crippen molar-refractivity contribution in [3.8, 4) is 0 Å². The number of imidazole rings is 1. The first-order valence-electron chi connectivity index (χ1n) is 9.65. The zero-order chi connectivity index (χ0) is 20.9. The van der Waals surface area contributed by atoms with Crippen molar-refractivity contribution in [3.05, 3.63) is 47.1 Å². The molecule has 4 aromatic rings. The Morgan fingerprint density at radius 1 is 1.30 bits per heavy atom. The van der Waals surface area contributed by atoms with Crippen LogP contribution >= 0.6 is 11.6 Å². The summed E-state index contributed by atoms with van der Waals surface area (Å²) in [5, 5.41) is 14.5. The average Bonchev–Trinajstić information content (AvgIpc) is 3.29. The molecule has 1 fully saturated rings. The van der Waals surface area contributed by atoms with E-state index in [2.05, 4.69) is 25.3 Å². The van der Waals surface area contributed by atoms with Crippen LogP contribution in [0.1, 0.15) is 30.5 Å². The van der Waals surface area contributed by atoms with Gasteiger partial charge in [0.2, 0.25) is 0 Å². The summed E-state index contributed by atoms with van der Waals surface area (Å²) in [7, 11) is 0. The van der Waals surface area contributed by atoms with E-state index in [1.165, 1.54) is 6.33 Å². The summed E-state index contributed by atoms with van der Waals surface area (Å²) in [6, 6.07) is 5.70. The molecule has 1 amide bonds. The molecule has 1 aliphatic carbocycles. The zero-order valence-electron chi connectivity index (χ0n) is 16.0. The molecule has 9 nitrogen and oxygen atoms in total. The SMILES string of the molecule is Nc1ncnc2c1ncn2Cc1cc(Cl)cc2cc(CNC(=O)C3(O)CCC3)[nH]c12. The Labute approximate surface area is 176 Å². The molecule has 5 rings (SSSR count). The minimum absolute atomic E-state index is 0.296. The molecule has 1 aliphatic rings. The summed E-state index contributed by atoms with van der Waals surface area (Å²) in [6.45, 7) is 0.778. The van der Waals surface area contributed by atoms with Crippen molar-refractivity contribution < 1.29 is 9.90 Å². The van der Waals surface area contributed by atoms with Gasteiger partial charge >= 0.3 is 0 Å². The Kier molecular flexibility index (Phi) is 4.37. The third-order valence-electron chi connectivity index (χ3n) is 5.64. The molecule has 0 aliphatic heterocycles. The molecule has 0 unspecified atom stereocenters. The number of nitrogen functional groups attached to an aromatic ring is 1. The van der Waals surface area contributed by atoms with Crippen LogP contribution in [0.5, 0.6) is 0 Å². The van der Waals surface area contributed by atoms with Crippen LogP contribution < -0.4 is 11.1 Å². The van der Waals surface area contributed by atoms with Gasteiger partial charge in [-0.05, 0) is 43.0 Å². The number of hydrogen-bond acceptors (Lipinski definition) is 6. The van der Waals surface area contributed by atoms with E-state index in [1.54, 1.807) is 6.33 Å². The number of nitrogens with zero attached hydrogens (tertiary/aromatic N) is 4. The van der Waals surface area contributed by atoms with E-state index in [1.807, 2.05) is 22.8 Å². The van der Waals surface area contributed by atoms with Crippen LogP contribution in [0.25, 0.3) is 22.1 Å². The summed E-state index contributed by atoms with van der Waals surface area (Å²) >= 11 is 6.34. The zero-order valence-corrected chi connectivity index (χ0v) is 16.8. The van der Waals surface area contributed by atoms with Crippen molar-refractivity contribution >= 4 is 45.4 Å². The van der Waals surface area contributed by atoms with Crippen molar-refractivity contribution in [2.75, 3.05) is 5.73 Å². The third-order valence-corrected chi connectivity index (χ3v) is 5.86. The van der Waals surface area contributed by atoms with Gasteiger partial charge in [-0.3, -0.25) is 4.79 Å². The number of halogens is 1. The summed E-state index contributed by atoms with van der Waals surface area (Å²) in [4.78, 5) is 28.1. The van der Waals surface area contributed by atoms with Crippen molar-refractivity contribution in [2.24, 2.45) is 0 Å². The molecule has 3 aromatic heterocycles. The number of nitrogens with two attached hydrogens (primary N) is 1. The number of benzene rings is 1. The lowest BCUT2D eigenvalue weighted by atomic mass is 9.79. The number of aliphatic hydroxyl groups is 1. The molecular weight excluding hydrogens is 406 g/mol. The lowest BCUT2D eigenvalue weighted by Crippen LogP contribution is -2.51. The minimum Gasteiger partial charge on any atom is -0.382 e. The van der Waals surface area contributed by atoms with Gasteiger partial charge in [-0.15, -0.1) is 0 Å². The molecule has 1 saturated carbocycles. The fourth-order valence-electron chi connectivity index (χ4n) is 3.83. The minimum atomic E-state index is -1.22. The van der Waals surface area contributed by atoms with E-state index in [0.29, 0.717) is 47.9 Å². The molecule has 0 atom stereocenters. The van der Waals surface area contributed by atoms with E-state index in [-0.39, 0.29) is 5.91 Å². The maximum absolute atomic E-state index is 12.2. The molecule has 5 N–H and O–H groups in total. The van der Waals surface area contributed by atoms with Crippen molar-refractivity contribution in [3.63, 3.8) is 0 Å². The molecule has 0 saturated heterocycles. The molecule has 1 aromatic carbocycles. The number of fused-ring (bicyclic) bond motifs is 2. The number of amides is 1. The van der Waals surface area contributed by atoms with Crippen LogP contribution in [-0.4, -0.2) is 41.1 Å². The number of nitrogens with one attached hydrogen (secondary N) is 2. The highest BCUT2D eigenvalue weighted by atomic mass is 35.5. The average molecular weight is 426 g/mol. The first-order chi connectivity index (χ1) is 14.4. The lowest BCUT2D eigenvalue weighted by molar-refractivity contribution is -0.148. The van der Waals surface area contributed by atoms with Gasteiger partial charge < -0.3 is 25.7 Å². The Bertz CT molecular complexity index is 1280. The Hall–Kier alpha value is -3.17. The second-order valence-electron chi connectivity index (χ2n) is 7.70. The molecule has 30 heavy (non-hydrogen) atoms. The fraction of sp³-hybridized carbons (Fsp3) is 0.300.